The Morgan fingerprint density at radius 3 is 0.444 bits per heavy atom. The van der Waals surface area contributed by atoms with Crippen LogP contribution in [0.25, 0.3) is 0 Å². The Labute approximate surface area is 95.0 Å². The largest absolute Gasteiger partial charge is 3.00 e. The molecule has 0 saturated heterocycles. The van der Waals surface area contributed by atoms with Crippen LogP contribution in [0.5, 0.6) is 0 Å². The van der Waals surface area contributed by atoms with E-state index in [0.29, 0.717) is 0 Å². The maximum atomic E-state index is 0. The van der Waals surface area contributed by atoms with E-state index in [2.05, 4.69) is 0 Å². The first kappa shape index (κ1) is 336. The Hall–Kier alpha value is 1.74. The van der Waals surface area contributed by atoms with E-state index in [9.17, 15) is 0 Å². The van der Waals surface area contributed by atoms with Crippen LogP contribution >= 0.6 is 0 Å². The molecule has 0 aliphatic carbocycles. The third-order valence-electron chi connectivity index (χ3n) is 0. The fourth-order valence-electron chi connectivity index (χ4n) is 0. The maximum absolute atomic E-state index is 0. The molecule has 0 unspecified atom stereocenters. The summed E-state index contributed by atoms with van der Waals surface area (Å²) in [6.07, 6.45) is 0. The first-order chi connectivity index (χ1) is 0. The van der Waals surface area contributed by atoms with Crippen molar-refractivity contribution < 1.29 is 95.3 Å². The van der Waals surface area contributed by atoms with Gasteiger partial charge in [-0.1, -0.05) is 0 Å². The smallest absolute Gasteiger partial charge is 1.00 e. The predicted octanol–water partition coefficient (Wildman–Crippen LogP) is -15.2. The summed E-state index contributed by atoms with van der Waals surface area (Å²) in [5.74, 6) is 0. The van der Waals surface area contributed by atoms with Gasteiger partial charge < -0.3 is 71.5 Å². The molecule has 72 valence electrons. The van der Waals surface area contributed by atoms with Gasteiger partial charge >= 0.3 is 23.8 Å². The minimum absolute atomic E-state index is 0. The molecule has 0 aliphatic heterocycles. The van der Waals surface area contributed by atoms with Gasteiger partial charge in [-0.3, -0.25) is 0 Å². The van der Waals surface area contributed by atoms with Crippen molar-refractivity contribution in [1.82, 2.24) is 0 Å². The maximum Gasteiger partial charge on any atom is 3.00 e. The van der Waals surface area contributed by atoms with Crippen molar-refractivity contribution in [1.29, 1.82) is 0 Å². The fraction of sp³-hybridized carbons (Fsp3) is 0. The van der Waals surface area contributed by atoms with Crippen molar-refractivity contribution in [3.05, 3.63) is 0 Å². The molecule has 0 fully saturated rings. The van der Waals surface area contributed by atoms with E-state index in [1.165, 1.54) is 0 Å². The molecule has 0 amide bonds. The first-order valence-corrected chi connectivity index (χ1v) is 0. The standard InChI is InChI=1S/Au.4ClH.4H2O/h;4*1H;4*1H2/q+3;;;;;;;;/p-3. The van der Waals surface area contributed by atoms with Gasteiger partial charge in [-0.05, 0) is 0 Å². The zero-order chi connectivity index (χ0) is 0. The third kappa shape index (κ3) is 193. The topological polar surface area (TPSA) is 126 Å². The Morgan fingerprint density at radius 2 is 0.444 bits per heavy atom. The molecule has 0 spiro atoms. The molecular weight excluding hydrogens is 403 g/mol. The Kier molecular flexibility index (Phi) is 9180. The average molecular weight is 412 g/mol. The van der Waals surface area contributed by atoms with Crippen molar-refractivity contribution >= 4 is 0 Å². The summed E-state index contributed by atoms with van der Waals surface area (Å²) in [5, 5.41) is 0. The summed E-state index contributed by atoms with van der Waals surface area (Å²) >= 11 is 0. The summed E-state index contributed by atoms with van der Waals surface area (Å²) < 4.78 is 0. The van der Waals surface area contributed by atoms with Crippen molar-refractivity contribution in [3.8, 4) is 0 Å². The summed E-state index contributed by atoms with van der Waals surface area (Å²) in [7, 11) is 0. The molecule has 0 radical (unpaired) electrons. The summed E-state index contributed by atoms with van der Waals surface area (Å²) in [6, 6.07) is 0. The minimum atomic E-state index is 0. The number of hydrogen-bond donors (Lipinski definition) is 0. The summed E-state index contributed by atoms with van der Waals surface area (Å²) in [4.78, 5) is 0. The van der Waals surface area contributed by atoms with Crippen LogP contribution in [0.2, 0.25) is 0 Å². The minimum Gasteiger partial charge on any atom is -1.00 e. The quantitative estimate of drug-likeness (QED) is 0.351. The second kappa shape index (κ2) is 246. The third-order valence-corrected chi connectivity index (χ3v) is 0. The van der Waals surface area contributed by atoms with Crippen LogP contribution in [0.1, 0.15) is 1.43 Å². The van der Waals surface area contributed by atoms with E-state index in [1.807, 2.05) is 0 Å². The Bertz CT molecular complexity index is 17.2. The van der Waals surface area contributed by atoms with E-state index in [-0.39, 0.29) is 95.3 Å². The molecule has 0 rings (SSSR count). The molecule has 0 aliphatic rings. The Balaban J connectivity index is 0. The van der Waals surface area contributed by atoms with Gasteiger partial charge in [0.2, 0.25) is 0 Å². The number of rotatable bonds is 0. The van der Waals surface area contributed by atoms with Crippen molar-refractivity contribution in [3.63, 3.8) is 0 Å². The number of halogens is 4. The van der Waals surface area contributed by atoms with Crippen LogP contribution in [-0.4, -0.2) is 21.9 Å². The molecule has 0 aromatic rings. The first-order valence-electron chi connectivity index (χ1n) is 0. The zero-order valence-corrected chi connectivity index (χ0v) is 9.00. The van der Waals surface area contributed by atoms with Gasteiger partial charge in [0.25, 0.3) is 0 Å². The predicted molar refractivity (Wildman–Crippen MR) is 15.6 cm³/mol. The van der Waals surface area contributed by atoms with E-state index in [4.69, 9.17) is 0 Å². The summed E-state index contributed by atoms with van der Waals surface area (Å²) in [6.45, 7) is 0. The van der Waals surface area contributed by atoms with E-state index < -0.39 is 0 Å². The second-order valence-corrected chi connectivity index (χ2v) is 0. The zero-order valence-electron chi connectivity index (χ0n) is 4.81. The van der Waals surface area contributed by atoms with Crippen molar-refractivity contribution in [2.24, 2.45) is 0 Å². The van der Waals surface area contributed by atoms with Crippen molar-refractivity contribution in [2.45, 2.75) is 0 Å². The van der Waals surface area contributed by atoms with Gasteiger partial charge in [0.1, 0.15) is 0 Å². The van der Waals surface area contributed by atoms with Gasteiger partial charge in [-0.25, -0.2) is 0 Å². The molecular formula is H9AuCl4O4. The SMILES string of the molecule is O.O.O.O.[Au+3].[Cl-].[Cl-].[Cl-].[Cl-].[H+]. The van der Waals surface area contributed by atoms with Gasteiger partial charge in [-0.2, -0.15) is 0 Å². The molecule has 9 heteroatoms. The molecule has 4 nitrogen and oxygen atoms in total. The van der Waals surface area contributed by atoms with E-state index in [0.717, 1.165) is 0 Å². The molecule has 0 bridgehead atoms. The van der Waals surface area contributed by atoms with Crippen LogP contribution in [0, 0.1) is 0 Å². The molecule has 9 heavy (non-hydrogen) atoms. The molecule has 0 aromatic heterocycles. The van der Waals surface area contributed by atoms with E-state index >= 15 is 0 Å². The fourth-order valence-corrected chi connectivity index (χ4v) is 0. The molecule has 0 heterocycles. The van der Waals surface area contributed by atoms with Gasteiger partial charge in [0.15, 0.2) is 0 Å². The summed E-state index contributed by atoms with van der Waals surface area (Å²) in [5.41, 5.74) is 0. The van der Waals surface area contributed by atoms with E-state index in [1.54, 1.807) is 0 Å². The Morgan fingerprint density at radius 1 is 0.444 bits per heavy atom. The van der Waals surface area contributed by atoms with Crippen LogP contribution < -0.4 is 49.6 Å². The van der Waals surface area contributed by atoms with Crippen LogP contribution in [0.3, 0.4) is 0 Å². The van der Waals surface area contributed by atoms with Gasteiger partial charge in [-0.15, -0.1) is 0 Å². The average Bonchev–Trinajstić information content (AvgIpc) is 0. The molecule has 0 saturated carbocycles. The normalized spacial score (nSPS) is 0. The second-order valence-electron chi connectivity index (χ2n) is 0. The van der Waals surface area contributed by atoms with Gasteiger partial charge in [0.05, 0.1) is 0 Å². The number of hydrogen-bond acceptors (Lipinski definition) is 0. The monoisotopic (exact) mass is 410 g/mol. The van der Waals surface area contributed by atoms with Gasteiger partial charge in [0, 0.05) is 0 Å². The van der Waals surface area contributed by atoms with Crippen LogP contribution in [-0.2, 0) is 22.4 Å². The molecule has 0 aromatic carbocycles. The van der Waals surface area contributed by atoms with Crippen molar-refractivity contribution in [2.75, 3.05) is 0 Å². The van der Waals surface area contributed by atoms with Crippen LogP contribution in [0.4, 0.5) is 0 Å². The molecule has 0 atom stereocenters. The van der Waals surface area contributed by atoms with Crippen LogP contribution in [0.15, 0.2) is 0 Å². The molecule has 8 N–H and O–H groups in total.